The molecule has 2 unspecified atom stereocenters. The zero-order chi connectivity index (χ0) is 42.9. The maximum absolute atomic E-state index is 14.4. The minimum Gasteiger partial charge on any atom is -0.464 e. The third kappa shape index (κ3) is 8.61. The molecular formula is C42H56N11O7+. The molecule has 4 aliphatic heterocycles. The molecule has 2 aromatic heterocycles. The number of hydrogen-bond donors (Lipinski definition) is 3. The van der Waals surface area contributed by atoms with Crippen LogP contribution in [0.3, 0.4) is 0 Å². The van der Waals surface area contributed by atoms with Gasteiger partial charge in [0.2, 0.25) is 17.7 Å². The fourth-order valence-electron chi connectivity index (χ4n) is 8.80. The van der Waals surface area contributed by atoms with Crippen LogP contribution < -0.4 is 16.2 Å². The number of nitroso groups, excluding NO2 is 1. The van der Waals surface area contributed by atoms with E-state index in [1.165, 1.54) is 29.5 Å². The van der Waals surface area contributed by atoms with Crippen molar-refractivity contribution in [2.24, 2.45) is 16.3 Å². The van der Waals surface area contributed by atoms with Gasteiger partial charge in [0.25, 0.3) is 11.9 Å². The van der Waals surface area contributed by atoms with Crippen LogP contribution in [0.5, 0.6) is 0 Å². The number of carbonyl (C=O) groups excluding carboxylic acids is 4. The van der Waals surface area contributed by atoms with E-state index < -0.39 is 53.5 Å². The van der Waals surface area contributed by atoms with Crippen LogP contribution in [-0.4, -0.2) is 121 Å². The van der Waals surface area contributed by atoms with E-state index in [0.29, 0.717) is 38.8 Å². The van der Waals surface area contributed by atoms with Crippen LogP contribution >= 0.6 is 0 Å². The number of hydroxylamine groups is 1. The van der Waals surface area contributed by atoms with Gasteiger partial charge in [-0.05, 0) is 61.4 Å². The van der Waals surface area contributed by atoms with E-state index in [4.69, 9.17) is 14.6 Å². The number of aliphatic imine (C=N–C) groups is 1. The highest BCUT2D eigenvalue weighted by molar-refractivity contribution is 5.95. The summed E-state index contributed by atoms with van der Waals surface area (Å²) in [4.78, 5) is 90.1. The number of hydrazine groups is 2. The molecule has 6 heterocycles. The highest BCUT2D eigenvalue weighted by Gasteiger charge is 2.45. The second kappa shape index (κ2) is 17.5. The summed E-state index contributed by atoms with van der Waals surface area (Å²) in [5, 5.41) is 6.60. The average Bonchev–Trinajstić information content (AvgIpc) is 4.00. The van der Waals surface area contributed by atoms with E-state index >= 15 is 0 Å². The molecule has 320 valence electrons. The second-order valence-electron chi connectivity index (χ2n) is 17.1. The number of amides is 3. The van der Waals surface area contributed by atoms with Crippen molar-refractivity contribution in [1.29, 1.82) is 0 Å². The number of nitrogens with zero attached hydrogens (tertiary/aromatic N) is 8. The van der Waals surface area contributed by atoms with Crippen molar-refractivity contribution in [1.82, 2.24) is 45.7 Å². The first-order valence-electron chi connectivity index (χ1n) is 20.7. The SMILES string of the molecule is C=CC(=O)N1CC[C@H]([N+](=O)N(C)[C@H](C(=O)NC2CC3=NC(NO3)c3ccc4c(c3)c(c(-c3cncnc3)n4CC)CC(C)(C)COC(=O)[C@@H]3CCCN(N3)C2=O)C(C)C)C1. The van der Waals surface area contributed by atoms with Gasteiger partial charge in [-0.3, -0.25) is 24.2 Å². The number of benzene rings is 1. The van der Waals surface area contributed by atoms with E-state index in [1.807, 2.05) is 19.9 Å². The third-order valence-corrected chi connectivity index (χ3v) is 11.8. The highest BCUT2D eigenvalue weighted by Crippen LogP contribution is 2.39. The number of aromatic nitrogens is 3. The summed E-state index contributed by atoms with van der Waals surface area (Å²) in [6.45, 7) is 15.1. The van der Waals surface area contributed by atoms with E-state index in [0.717, 1.165) is 38.2 Å². The Morgan fingerprint density at radius 2 is 1.93 bits per heavy atom. The van der Waals surface area contributed by atoms with Gasteiger partial charge in [0, 0.05) is 60.3 Å². The minimum absolute atomic E-state index is 0.121. The largest absolute Gasteiger partial charge is 0.464 e. The van der Waals surface area contributed by atoms with Gasteiger partial charge in [-0.2, -0.15) is 0 Å². The Hall–Kier alpha value is -5.75. The average molecular weight is 827 g/mol. The molecule has 0 spiro atoms. The van der Waals surface area contributed by atoms with Crippen LogP contribution in [0.4, 0.5) is 0 Å². The number of hydrogen-bond acceptors (Lipinski definition) is 12. The molecule has 18 heteroatoms. The fraction of sp³-hybridized carbons (Fsp3) is 0.548. The zero-order valence-electron chi connectivity index (χ0n) is 35.2. The van der Waals surface area contributed by atoms with Gasteiger partial charge in [-0.15, -0.1) is 10.5 Å². The van der Waals surface area contributed by atoms with E-state index in [-0.39, 0.29) is 43.8 Å². The number of cyclic esters (lactones) is 1. The molecular weight excluding hydrogens is 771 g/mol. The lowest BCUT2D eigenvalue weighted by molar-refractivity contribution is -0.732. The van der Waals surface area contributed by atoms with Gasteiger partial charge in [0.15, 0.2) is 12.2 Å². The monoisotopic (exact) mass is 826 g/mol. The number of rotatable bonds is 9. The standard InChI is InChI=1S/C42H55N11O7/c1-8-35(54)50-16-14-28(22-50)53(58)49(7)36(25(3)4)39(55)45-32-18-34-46-38(48-60-34)26-12-13-33-29(17-26)30(37(51(33)9-2)27-20-43-24-44-21-27)19-42(5,6)23-59-41(57)31-11-10-15-52(47-31)40(32)56/h8,12-13,17,20-21,24-25,28,31-32,36,38,47-48H,1,9-11,14-16,18-19,22-23H2,2-7H3/p+1/t28-,31-,32?,36-,38?/m0/s1. The number of carbonyl (C=O) groups is 4. The van der Waals surface area contributed by atoms with Gasteiger partial charge in [0.1, 0.15) is 23.3 Å². The summed E-state index contributed by atoms with van der Waals surface area (Å²) in [6.07, 6.45) is 7.54. The van der Waals surface area contributed by atoms with E-state index in [2.05, 4.69) is 70.2 Å². The molecule has 2 saturated heterocycles. The Morgan fingerprint density at radius 3 is 2.65 bits per heavy atom. The predicted octanol–water partition coefficient (Wildman–Crippen LogP) is 2.98. The van der Waals surface area contributed by atoms with Gasteiger partial charge in [-0.25, -0.2) is 20.4 Å². The fourth-order valence-corrected chi connectivity index (χ4v) is 8.80. The lowest BCUT2D eigenvalue weighted by Crippen LogP contribution is -2.62. The van der Waals surface area contributed by atoms with Gasteiger partial charge in [-0.1, -0.05) is 40.3 Å². The molecule has 18 nitrogen and oxygen atoms in total. The highest BCUT2D eigenvalue weighted by atomic mass is 16.7. The predicted molar refractivity (Wildman–Crippen MR) is 221 cm³/mol. The Kier molecular flexibility index (Phi) is 12.3. The van der Waals surface area contributed by atoms with Crippen molar-refractivity contribution < 1.29 is 33.6 Å². The van der Waals surface area contributed by atoms with Crippen LogP contribution in [0.2, 0.25) is 0 Å². The van der Waals surface area contributed by atoms with Crippen LogP contribution in [-0.2, 0) is 41.7 Å². The molecule has 3 aromatic rings. The first-order valence-corrected chi connectivity index (χ1v) is 20.7. The van der Waals surface area contributed by atoms with Crippen LogP contribution in [0.1, 0.15) is 77.6 Å². The van der Waals surface area contributed by atoms with Crippen molar-refractivity contribution in [3.63, 3.8) is 0 Å². The van der Waals surface area contributed by atoms with Crippen molar-refractivity contribution in [2.45, 2.75) is 104 Å². The molecule has 0 saturated carbocycles. The number of aryl methyl sites for hydroxylation is 1. The molecule has 4 aliphatic rings. The number of nitrogens with one attached hydrogen (secondary N) is 3. The summed E-state index contributed by atoms with van der Waals surface area (Å²) in [5.74, 6) is -1.95. The van der Waals surface area contributed by atoms with Crippen LogP contribution in [0.25, 0.3) is 22.2 Å². The van der Waals surface area contributed by atoms with Gasteiger partial charge < -0.3 is 24.4 Å². The quantitative estimate of drug-likeness (QED) is 0.124. The lowest BCUT2D eigenvalue weighted by Gasteiger charge is -2.36. The summed E-state index contributed by atoms with van der Waals surface area (Å²) >= 11 is 0. The van der Waals surface area contributed by atoms with Gasteiger partial charge >= 0.3 is 5.97 Å². The molecule has 5 atom stereocenters. The maximum atomic E-state index is 14.4. The smallest absolute Gasteiger partial charge is 0.324 e. The summed E-state index contributed by atoms with van der Waals surface area (Å²) < 4.78 is 8.25. The first-order chi connectivity index (χ1) is 28.7. The Balaban J connectivity index is 1.23. The Morgan fingerprint density at radius 1 is 1.17 bits per heavy atom. The van der Waals surface area contributed by atoms with Crippen molar-refractivity contribution in [2.75, 3.05) is 33.3 Å². The summed E-state index contributed by atoms with van der Waals surface area (Å²) in [6, 6.07) is 2.59. The third-order valence-electron chi connectivity index (χ3n) is 11.8. The normalized spacial score (nSPS) is 23.7. The number of likely N-dealkylation sites (N-methyl/N-ethyl adjacent to an activating group) is 1. The molecule has 7 rings (SSSR count). The number of fused-ring (bicyclic) bond motifs is 5. The van der Waals surface area contributed by atoms with E-state index in [1.54, 1.807) is 17.3 Å². The summed E-state index contributed by atoms with van der Waals surface area (Å²) in [5.41, 5.74) is 10.3. The first kappa shape index (κ1) is 42.4. The molecule has 0 aliphatic carbocycles. The van der Waals surface area contributed by atoms with Crippen LogP contribution in [0, 0.1) is 16.2 Å². The number of ether oxygens (including phenoxy) is 1. The minimum atomic E-state index is -1.19. The van der Waals surface area contributed by atoms with Crippen molar-refractivity contribution in [3.8, 4) is 11.3 Å². The number of likely N-dealkylation sites (tertiary alicyclic amines) is 1. The lowest BCUT2D eigenvalue weighted by atomic mass is 9.84. The second-order valence-corrected chi connectivity index (χ2v) is 17.1. The molecule has 3 amide bonds. The molecule has 2 fully saturated rings. The van der Waals surface area contributed by atoms with Crippen LogP contribution in [0.15, 0.2) is 54.6 Å². The molecule has 3 N–H and O–H groups in total. The molecule has 0 radical (unpaired) electrons. The Bertz CT molecular complexity index is 2190. The molecule has 1 aromatic carbocycles. The zero-order valence-corrected chi connectivity index (χ0v) is 35.2. The van der Waals surface area contributed by atoms with Crippen molar-refractivity contribution >= 4 is 40.5 Å². The maximum Gasteiger partial charge on any atom is 0.324 e. The molecule has 6 bridgehead atoms. The summed E-state index contributed by atoms with van der Waals surface area (Å²) in [7, 11) is 1.54. The van der Waals surface area contributed by atoms with Crippen molar-refractivity contribution in [3.05, 3.63) is 65.6 Å². The Labute approximate surface area is 349 Å². The molecule has 60 heavy (non-hydrogen) atoms. The topological polar surface area (TPSA) is 196 Å². The number of esters is 1. The van der Waals surface area contributed by atoms with E-state index in [9.17, 15) is 24.1 Å². The van der Waals surface area contributed by atoms with Gasteiger partial charge in [0.05, 0.1) is 37.2 Å².